The quantitative estimate of drug-likeness (QED) is 0.858. The first-order valence-electron chi connectivity index (χ1n) is 5.35. The maximum absolute atomic E-state index is 13.5. The van der Waals surface area contributed by atoms with Gasteiger partial charge in [0.05, 0.1) is 11.1 Å². The summed E-state index contributed by atoms with van der Waals surface area (Å²) in [5.74, 6) is -2.59. The maximum Gasteiger partial charge on any atom is 0.417 e. The van der Waals surface area contributed by atoms with Gasteiger partial charge in [-0.25, -0.2) is 9.18 Å². The van der Waals surface area contributed by atoms with Gasteiger partial charge < -0.3 is 5.11 Å². The van der Waals surface area contributed by atoms with Crippen LogP contribution < -0.4 is 0 Å². The normalized spacial score (nSPS) is 11.4. The Hall–Kier alpha value is -2.44. The average Bonchev–Trinajstić information content (AvgIpc) is 2.37. The molecule has 0 amide bonds. The lowest BCUT2D eigenvalue weighted by molar-refractivity contribution is -0.137. The van der Waals surface area contributed by atoms with Gasteiger partial charge in [-0.3, -0.25) is 4.98 Å². The summed E-state index contributed by atoms with van der Waals surface area (Å²) < 4.78 is 52.0. The van der Waals surface area contributed by atoms with E-state index in [1.165, 1.54) is 0 Å². The zero-order valence-corrected chi connectivity index (χ0v) is 9.78. The molecule has 0 aliphatic carbocycles. The van der Waals surface area contributed by atoms with E-state index in [4.69, 9.17) is 5.11 Å². The predicted octanol–water partition coefficient (Wildman–Crippen LogP) is 3.60. The molecule has 0 fully saturated rings. The van der Waals surface area contributed by atoms with Gasteiger partial charge in [-0.2, -0.15) is 13.2 Å². The number of aromatic carboxylic acids is 1. The summed E-state index contributed by atoms with van der Waals surface area (Å²) in [5, 5.41) is 8.68. The largest absolute Gasteiger partial charge is 0.478 e. The van der Waals surface area contributed by atoms with E-state index in [0.717, 1.165) is 36.7 Å². The highest BCUT2D eigenvalue weighted by Crippen LogP contribution is 2.36. The van der Waals surface area contributed by atoms with Crippen molar-refractivity contribution in [1.29, 1.82) is 0 Å². The number of hydrogen-bond acceptors (Lipinski definition) is 2. The summed E-state index contributed by atoms with van der Waals surface area (Å²) in [4.78, 5) is 14.2. The van der Waals surface area contributed by atoms with Crippen molar-refractivity contribution in [2.75, 3.05) is 0 Å². The lowest BCUT2D eigenvalue weighted by Gasteiger charge is -2.12. The summed E-state index contributed by atoms with van der Waals surface area (Å²) >= 11 is 0. The molecule has 104 valence electrons. The number of aromatic nitrogens is 1. The molecule has 1 aromatic carbocycles. The SMILES string of the molecule is O=C(O)c1ccc(-c2cnccc2C(F)(F)F)cc1F. The predicted molar refractivity (Wildman–Crippen MR) is 61.6 cm³/mol. The van der Waals surface area contributed by atoms with Crippen LogP contribution >= 0.6 is 0 Å². The fourth-order valence-corrected chi connectivity index (χ4v) is 1.73. The van der Waals surface area contributed by atoms with E-state index in [-0.39, 0.29) is 11.1 Å². The average molecular weight is 285 g/mol. The molecule has 0 aliphatic heterocycles. The number of halogens is 4. The van der Waals surface area contributed by atoms with Crippen molar-refractivity contribution < 1.29 is 27.5 Å². The number of hydrogen-bond donors (Lipinski definition) is 1. The van der Waals surface area contributed by atoms with E-state index < -0.39 is 29.1 Å². The fraction of sp³-hybridized carbons (Fsp3) is 0.0769. The Bertz CT molecular complexity index is 668. The van der Waals surface area contributed by atoms with Crippen LogP contribution in [0.3, 0.4) is 0 Å². The molecule has 2 aromatic rings. The highest BCUT2D eigenvalue weighted by atomic mass is 19.4. The molecule has 0 atom stereocenters. The number of pyridine rings is 1. The van der Waals surface area contributed by atoms with Crippen LogP contribution in [0.25, 0.3) is 11.1 Å². The molecule has 0 unspecified atom stereocenters. The number of carboxylic acids is 1. The summed E-state index contributed by atoms with van der Waals surface area (Å²) in [6, 6.07) is 3.55. The number of carboxylic acid groups (broad SMARTS) is 1. The Balaban J connectivity index is 2.59. The van der Waals surface area contributed by atoms with Gasteiger partial charge in [0.2, 0.25) is 0 Å². The monoisotopic (exact) mass is 285 g/mol. The standard InChI is InChI=1S/C13H7F4NO2/c14-11-5-7(1-2-8(11)12(19)20)9-6-18-4-3-10(9)13(15,16)17/h1-6H,(H,19,20). The molecule has 1 heterocycles. The van der Waals surface area contributed by atoms with Crippen molar-refractivity contribution in [1.82, 2.24) is 4.98 Å². The first-order valence-corrected chi connectivity index (χ1v) is 5.35. The lowest BCUT2D eigenvalue weighted by Crippen LogP contribution is -2.08. The molecule has 0 spiro atoms. The minimum absolute atomic E-state index is 0.0899. The number of carbonyl (C=O) groups is 1. The third kappa shape index (κ3) is 2.61. The van der Waals surface area contributed by atoms with Crippen molar-refractivity contribution in [3.8, 4) is 11.1 Å². The van der Waals surface area contributed by atoms with E-state index in [0.29, 0.717) is 0 Å². The summed E-state index contributed by atoms with van der Waals surface area (Å²) in [7, 11) is 0. The molecule has 0 radical (unpaired) electrons. The third-order valence-electron chi connectivity index (χ3n) is 2.64. The number of benzene rings is 1. The fourth-order valence-electron chi connectivity index (χ4n) is 1.73. The Labute approximate surface area is 110 Å². The van der Waals surface area contributed by atoms with Crippen LogP contribution in [0.4, 0.5) is 17.6 Å². The first kappa shape index (κ1) is 14.0. The molecule has 0 saturated carbocycles. The van der Waals surface area contributed by atoms with Crippen LogP contribution in [0, 0.1) is 5.82 Å². The minimum atomic E-state index is -4.61. The smallest absolute Gasteiger partial charge is 0.417 e. The minimum Gasteiger partial charge on any atom is -0.478 e. The van der Waals surface area contributed by atoms with E-state index in [1.54, 1.807) is 0 Å². The van der Waals surface area contributed by atoms with Gasteiger partial charge >= 0.3 is 12.1 Å². The highest BCUT2D eigenvalue weighted by Gasteiger charge is 2.33. The highest BCUT2D eigenvalue weighted by molar-refractivity contribution is 5.88. The van der Waals surface area contributed by atoms with Crippen LogP contribution in [0.1, 0.15) is 15.9 Å². The zero-order valence-electron chi connectivity index (χ0n) is 9.78. The first-order chi connectivity index (χ1) is 9.30. The molecule has 0 aliphatic rings. The molecular formula is C13H7F4NO2. The van der Waals surface area contributed by atoms with Gasteiger partial charge in [0.25, 0.3) is 0 Å². The van der Waals surface area contributed by atoms with Gasteiger partial charge in [0.15, 0.2) is 0 Å². The zero-order chi connectivity index (χ0) is 14.9. The molecule has 0 saturated heterocycles. The Morgan fingerprint density at radius 3 is 2.45 bits per heavy atom. The van der Waals surface area contributed by atoms with E-state index >= 15 is 0 Å². The van der Waals surface area contributed by atoms with E-state index in [9.17, 15) is 22.4 Å². The summed E-state index contributed by atoms with van der Waals surface area (Å²) in [6.07, 6.45) is -2.67. The Kier molecular flexibility index (Phi) is 3.44. The molecule has 0 bridgehead atoms. The Morgan fingerprint density at radius 1 is 1.20 bits per heavy atom. The van der Waals surface area contributed by atoms with Gasteiger partial charge in [-0.05, 0) is 23.8 Å². The third-order valence-corrected chi connectivity index (χ3v) is 2.64. The molecule has 1 aromatic heterocycles. The van der Waals surface area contributed by atoms with E-state index in [1.807, 2.05) is 0 Å². The summed E-state index contributed by atoms with van der Waals surface area (Å²) in [6.45, 7) is 0. The Morgan fingerprint density at radius 2 is 1.90 bits per heavy atom. The van der Waals surface area contributed by atoms with Crippen LogP contribution in [0.2, 0.25) is 0 Å². The van der Waals surface area contributed by atoms with Gasteiger partial charge in [0, 0.05) is 18.0 Å². The van der Waals surface area contributed by atoms with Crippen molar-refractivity contribution >= 4 is 5.97 Å². The van der Waals surface area contributed by atoms with Crippen LogP contribution in [-0.4, -0.2) is 16.1 Å². The van der Waals surface area contributed by atoms with Gasteiger partial charge in [0.1, 0.15) is 5.82 Å². The topological polar surface area (TPSA) is 50.2 Å². The van der Waals surface area contributed by atoms with Crippen LogP contribution in [0.15, 0.2) is 36.7 Å². The maximum atomic E-state index is 13.5. The lowest BCUT2D eigenvalue weighted by atomic mass is 10.00. The van der Waals surface area contributed by atoms with Crippen molar-refractivity contribution in [3.05, 3.63) is 53.6 Å². The molecule has 1 N–H and O–H groups in total. The van der Waals surface area contributed by atoms with Crippen molar-refractivity contribution in [3.63, 3.8) is 0 Å². The van der Waals surface area contributed by atoms with Crippen LogP contribution in [0.5, 0.6) is 0 Å². The molecule has 3 nitrogen and oxygen atoms in total. The summed E-state index contributed by atoms with van der Waals surface area (Å²) in [5.41, 5.74) is -1.97. The van der Waals surface area contributed by atoms with Crippen LogP contribution in [-0.2, 0) is 6.18 Å². The molecular weight excluding hydrogens is 278 g/mol. The second-order valence-corrected chi connectivity index (χ2v) is 3.92. The van der Waals surface area contributed by atoms with Crippen molar-refractivity contribution in [2.45, 2.75) is 6.18 Å². The molecule has 7 heteroatoms. The van der Waals surface area contributed by atoms with Gasteiger partial charge in [-0.1, -0.05) is 6.07 Å². The van der Waals surface area contributed by atoms with Crippen molar-refractivity contribution in [2.24, 2.45) is 0 Å². The molecule has 2 rings (SSSR count). The molecule has 20 heavy (non-hydrogen) atoms. The van der Waals surface area contributed by atoms with Gasteiger partial charge in [-0.15, -0.1) is 0 Å². The second-order valence-electron chi connectivity index (χ2n) is 3.92. The number of nitrogens with zero attached hydrogens (tertiary/aromatic N) is 1. The number of alkyl halides is 3. The second kappa shape index (κ2) is 4.92. The number of rotatable bonds is 2. The van der Waals surface area contributed by atoms with E-state index in [2.05, 4.69) is 4.98 Å².